The molecule has 0 unspecified atom stereocenters. The number of ether oxygens (including phenoxy) is 2. The number of aliphatic carboxylic acids is 1. The number of carboxylic acids is 1. The monoisotopic (exact) mass is 222 g/mol. The van der Waals surface area contributed by atoms with E-state index < -0.39 is 12.3 Å². The van der Waals surface area contributed by atoms with Gasteiger partial charge in [-0.3, -0.25) is 4.79 Å². The third-order valence-corrected chi connectivity index (χ3v) is 1.78. The molecule has 4 heteroatoms. The number of carbonyl (C=O) groups is 1. The zero-order chi connectivity index (χ0) is 11.6. The first-order valence-corrected chi connectivity index (χ1v) is 4.97. The minimum atomic E-state index is -0.834. The average molecular weight is 222 g/mol. The van der Waals surface area contributed by atoms with Crippen LogP contribution < -0.4 is 0 Å². The Bertz CT molecular complexity index is 286. The van der Waals surface area contributed by atoms with E-state index in [9.17, 15) is 4.79 Å². The number of benzene rings is 1. The zero-order valence-electron chi connectivity index (χ0n) is 8.78. The molecule has 1 N–H and O–H groups in total. The fourth-order valence-corrected chi connectivity index (χ4v) is 1.03. The van der Waals surface area contributed by atoms with E-state index in [-0.39, 0.29) is 6.42 Å². The van der Waals surface area contributed by atoms with Crippen molar-refractivity contribution >= 4 is 5.97 Å². The molecule has 4 nitrogen and oxygen atoms in total. The first kappa shape index (κ1) is 12.1. The van der Waals surface area contributed by atoms with Crippen molar-refractivity contribution in [2.24, 2.45) is 0 Å². The van der Waals surface area contributed by atoms with Crippen LogP contribution in [0.4, 0.5) is 0 Å². The van der Waals surface area contributed by atoms with Gasteiger partial charge in [0.25, 0.3) is 0 Å². The topological polar surface area (TPSA) is 55.8 Å². The summed E-state index contributed by atoms with van der Waals surface area (Å²) >= 11 is 0. The van der Waals surface area contributed by atoms with Gasteiger partial charge in [-0.25, -0.2) is 0 Å². The van der Waals surface area contributed by atoms with Crippen molar-refractivity contribution in [1.82, 2.24) is 0 Å². The first-order chi connectivity index (χ1) is 7.79. The van der Waals surface area contributed by atoms with Crippen LogP contribution in [0.1, 0.15) is 12.8 Å². The molecule has 0 atom stereocenters. The molecule has 0 spiro atoms. The highest BCUT2D eigenvalue weighted by molar-refractivity contribution is 5.66. The van der Waals surface area contributed by atoms with Crippen molar-refractivity contribution in [3.05, 3.63) is 48.9 Å². The number of hydrogen-bond acceptors (Lipinski definition) is 3. The van der Waals surface area contributed by atoms with Gasteiger partial charge in [-0.15, -0.1) is 0 Å². The molecule has 2 rings (SSSR count). The summed E-state index contributed by atoms with van der Waals surface area (Å²) in [6, 6.07) is 12.0. The highest BCUT2D eigenvalue weighted by Crippen LogP contribution is 2.10. The summed E-state index contributed by atoms with van der Waals surface area (Å²) in [4.78, 5) is 10.0. The van der Waals surface area contributed by atoms with Gasteiger partial charge in [0.2, 0.25) is 6.29 Å². The number of rotatable bonds is 3. The minimum absolute atomic E-state index is 0.0757. The third kappa shape index (κ3) is 5.70. The van der Waals surface area contributed by atoms with Crippen LogP contribution in [0.3, 0.4) is 0 Å². The lowest BCUT2D eigenvalue weighted by atomic mass is 10.3. The van der Waals surface area contributed by atoms with Gasteiger partial charge in [0, 0.05) is 6.42 Å². The van der Waals surface area contributed by atoms with E-state index in [0.717, 1.165) is 0 Å². The van der Waals surface area contributed by atoms with E-state index in [1.165, 1.54) is 12.5 Å². The van der Waals surface area contributed by atoms with Gasteiger partial charge in [-0.05, 0) is 0 Å². The Hall–Kier alpha value is -1.97. The molecule has 1 aromatic carbocycles. The maximum atomic E-state index is 10.0. The second kappa shape index (κ2) is 7.34. The molecule has 1 aliphatic rings. The summed E-state index contributed by atoms with van der Waals surface area (Å²) < 4.78 is 9.67. The van der Waals surface area contributed by atoms with Crippen LogP contribution in [-0.2, 0) is 14.3 Å². The Kier molecular flexibility index (Phi) is 5.55. The Morgan fingerprint density at radius 2 is 1.44 bits per heavy atom. The molecule has 1 aliphatic heterocycles. The van der Waals surface area contributed by atoms with Crippen LogP contribution in [0.15, 0.2) is 48.9 Å². The van der Waals surface area contributed by atoms with Gasteiger partial charge in [0.15, 0.2) is 0 Å². The lowest BCUT2D eigenvalue weighted by Gasteiger charge is -2.06. The molecule has 0 amide bonds. The maximum Gasteiger partial charge on any atom is 0.303 e. The SMILES string of the molecule is O=C(O)CCC1OC=CO1.c1ccccc1. The fraction of sp³-hybridized carbons (Fsp3) is 0.250. The van der Waals surface area contributed by atoms with Crippen LogP contribution in [0.25, 0.3) is 0 Å². The average Bonchev–Trinajstić information content (AvgIpc) is 2.82. The fourth-order valence-electron chi connectivity index (χ4n) is 1.03. The Labute approximate surface area is 94.1 Å². The zero-order valence-corrected chi connectivity index (χ0v) is 8.78. The smallest absolute Gasteiger partial charge is 0.303 e. The van der Waals surface area contributed by atoms with Crippen LogP contribution in [0.2, 0.25) is 0 Å². The normalized spacial score (nSPS) is 13.2. The van der Waals surface area contributed by atoms with Gasteiger partial charge in [0.05, 0.1) is 6.42 Å². The highest BCUT2D eigenvalue weighted by Gasteiger charge is 2.13. The largest absolute Gasteiger partial charge is 0.481 e. The lowest BCUT2D eigenvalue weighted by Crippen LogP contribution is -2.09. The third-order valence-electron chi connectivity index (χ3n) is 1.78. The standard InChI is InChI=1S/C6H8O4.C6H6/c7-5(8)1-2-6-9-3-4-10-6;1-2-4-6-5-3-1/h3-4,6H,1-2H2,(H,7,8);1-6H. The molecular weight excluding hydrogens is 208 g/mol. The lowest BCUT2D eigenvalue weighted by molar-refractivity contribution is -0.139. The number of carboxylic acid groups (broad SMARTS) is 1. The van der Waals surface area contributed by atoms with E-state index in [1.807, 2.05) is 36.4 Å². The summed E-state index contributed by atoms with van der Waals surface area (Å²) in [5, 5.41) is 8.24. The summed E-state index contributed by atoms with van der Waals surface area (Å²) in [5.41, 5.74) is 0. The van der Waals surface area contributed by atoms with Crippen molar-refractivity contribution < 1.29 is 19.4 Å². The van der Waals surface area contributed by atoms with Crippen LogP contribution in [0.5, 0.6) is 0 Å². The van der Waals surface area contributed by atoms with Crippen molar-refractivity contribution in [3.63, 3.8) is 0 Å². The van der Waals surface area contributed by atoms with E-state index in [4.69, 9.17) is 14.6 Å². The van der Waals surface area contributed by atoms with Gasteiger partial charge in [-0.1, -0.05) is 36.4 Å². The predicted octanol–water partition coefficient (Wildman–Crippen LogP) is 2.38. The Morgan fingerprint density at radius 1 is 1.00 bits per heavy atom. The molecule has 86 valence electrons. The molecule has 0 saturated carbocycles. The molecule has 0 aromatic heterocycles. The van der Waals surface area contributed by atoms with Crippen molar-refractivity contribution in [3.8, 4) is 0 Å². The quantitative estimate of drug-likeness (QED) is 0.853. The van der Waals surface area contributed by atoms with E-state index in [2.05, 4.69) is 0 Å². The second-order valence-electron chi connectivity index (χ2n) is 3.06. The Morgan fingerprint density at radius 3 is 1.81 bits per heavy atom. The second-order valence-corrected chi connectivity index (χ2v) is 3.06. The highest BCUT2D eigenvalue weighted by atomic mass is 16.7. The van der Waals surface area contributed by atoms with Gasteiger partial charge < -0.3 is 14.6 Å². The van der Waals surface area contributed by atoms with E-state index in [1.54, 1.807) is 0 Å². The first-order valence-electron chi connectivity index (χ1n) is 4.97. The molecule has 1 aromatic rings. The summed E-state index contributed by atoms with van der Waals surface area (Å²) in [6.07, 6.45) is 2.89. The molecule has 16 heavy (non-hydrogen) atoms. The molecular formula is C12H14O4. The van der Waals surface area contributed by atoms with E-state index >= 15 is 0 Å². The molecule has 1 heterocycles. The molecule has 0 radical (unpaired) electrons. The van der Waals surface area contributed by atoms with Crippen LogP contribution >= 0.6 is 0 Å². The molecule has 0 aliphatic carbocycles. The number of hydrogen-bond donors (Lipinski definition) is 1. The molecule has 0 saturated heterocycles. The minimum Gasteiger partial charge on any atom is -0.481 e. The summed E-state index contributed by atoms with van der Waals surface area (Å²) in [6.45, 7) is 0. The van der Waals surface area contributed by atoms with Crippen LogP contribution in [0, 0.1) is 0 Å². The van der Waals surface area contributed by atoms with Crippen LogP contribution in [-0.4, -0.2) is 17.4 Å². The van der Waals surface area contributed by atoms with Crippen molar-refractivity contribution in [1.29, 1.82) is 0 Å². The van der Waals surface area contributed by atoms with Gasteiger partial charge in [-0.2, -0.15) is 0 Å². The molecule has 0 fully saturated rings. The summed E-state index contributed by atoms with van der Waals surface area (Å²) in [5.74, 6) is -0.834. The van der Waals surface area contributed by atoms with Gasteiger partial charge >= 0.3 is 5.97 Å². The van der Waals surface area contributed by atoms with Crippen molar-refractivity contribution in [2.75, 3.05) is 0 Å². The van der Waals surface area contributed by atoms with Crippen molar-refractivity contribution in [2.45, 2.75) is 19.1 Å². The van der Waals surface area contributed by atoms with Gasteiger partial charge in [0.1, 0.15) is 12.5 Å². The predicted molar refractivity (Wildman–Crippen MR) is 58.4 cm³/mol. The molecule has 0 bridgehead atoms. The van der Waals surface area contributed by atoms with E-state index in [0.29, 0.717) is 6.42 Å². The Balaban J connectivity index is 0.000000181. The summed E-state index contributed by atoms with van der Waals surface area (Å²) in [7, 11) is 0. The maximum absolute atomic E-state index is 10.0.